The highest BCUT2D eigenvalue weighted by molar-refractivity contribution is 5.80. The number of amides is 1. The van der Waals surface area contributed by atoms with Crippen molar-refractivity contribution in [1.29, 1.82) is 0 Å². The van der Waals surface area contributed by atoms with Gasteiger partial charge in [0.05, 0.1) is 0 Å². The molecule has 0 saturated carbocycles. The first-order chi connectivity index (χ1) is 10.1. The SMILES string of the molecule is COCC(=O)NCCc1cn(CC(C)C)c2ncccc12. The Morgan fingerprint density at radius 3 is 3.00 bits per heavy atom. The molecule has 0 spiro atoms. The molecule has 2 aromatic rings. The highest BCUT2D eigenvalue weighted by Crippen LogP contribution is 2.20. The first-order valence-corrected chi connectivity index (χ1v) is 7.30. The van der Waals surface area contributed by atoms with E-state index in [0.717, 1.165) is 18.6 Å². The Labute approximate surface area is 125 Å². The van der Waals surface area contributed by atoms with Crippen molar-refractivity contribution in [3.63, 3.8) is 0 Å². The van der Waals surface area contributed by atoms with Gasteiger partial charge in [0.25, 0.3) is 0 Å². The molecule has 1 amide bonds. The monoisotopic (exact) mass is 289 g/mol. The van der Waals surface area contributed by atoms with E-state index in [0.29, 0.717) is 12.5 Å². The summed E-state index contributed by atoms with van der Waals surface area (Å²) in [4.78, 5) is 15.9. The zero-order chi connectivity index (χ0) is 15.2. The minimum atomic E-state index is -0.0819. The average molecular weight is 289 g/mol. The summed E-state index contributed by atoms with van der Waals surface area (Å²) >= 11 is 0. The van der Waals surface area contributed by atoms with Crippen molar-refractivity contribution in [3.8, 4) is 0 Å². The number of fused-ring (bicyclic) bond motifs is 1. The van der Waals surface area contributed by atoms with Crippen LogP contribution in [0.5, 0.6) is 0 Å². The number of hydrogen-bond donors (Lipinski definition) is 1. The van der Waals surface area contributed by atoms with Crippen LogP contribution in [0.25, 0.3) is 11.0 Å². The zero-order valence-electron chi connectivity index (χ0n) is 12.9. The van der Waals surface area contributed by atoms with E-state index in [1.165, 1.54) is 18.1 Å². The van der Waals surface area contributed by atoms with Gasteiger partial charge in [-0.15, -0.1) is 0 Å². The van der Waals surface area contributed by atoms with Crippen molar-refractivity contribution in [2.45, 2.75) is 26.8 Å². The standard InChI is InChI=1S/C16H23N3O2/c1-12(2)9-19-10-13(6-8-17-15(20)11-21-3)14-5-4-7-18-16(14)19/h4-5,7,10,12H,6,8-9,11H2,1-3H3,(H,17,20). The summed E-state index contributed by atoms with van der Waals surface area (Å²) in [6, 6.07) is 4.04. The summed E-state index contributed by atoms with van der Waals surface area (Å²) in [5.74, 6) is 0.485. The quantitative estimate of drug-likeness (QED) is 0.848. The van der Waals surface area contributed by atoms with E-state index >= 15 is 0 Å². The van der Waals surface area contributed by atoms with Crippen LogP contribution < -0.4 is 5.32 Å². The van der Waals surface area contributed by atoms with Gasteiger partial charge in [-0.1, -0.05) is 13.8 Å². The topological polar surface area (TPSA) is 56.1 Å². The predicted molar refractivity (Wildman–Crippen MR) is 83.2 cm³/mol. The first-order valence-electron chi connectivity index (χ1n) is 7.30. The fraction of sp³-hybridized carbons (Fsp3) is 0.500. The zero-order valence-corrected chi connectivity index (χ0v) is 12.9. The summed E-state index contributed by atoms with van der Waals surface area (Å²) < 4.78 is 7.00. The Hall–Kier alpha value is -1.88. The lowest BCUT2D eigenvalue weighted by atomic mass is 10.1. The molecule has 2 heterocycles. The van der Waals surface area contributed by atoms with Crippen molar-refractivity contribution < 1.29 is 9.53 Å². The van der Waals surface area contributed by atoms with Gasteiger partial charge >= 0.3 is 0 Å². The molecule has 2 rings (SSSR count). The molecule has 0 atom stereocenters. The maximum atomic E-state index is 11.4. The number of nitrogens with zero attached hydrogens (tertiary/aromatic N) is 2. The van der Waals surface area contributed by atoms with Crippen LogP contribution in [0.15, 0.2) is 24.5 Å². The third kappa shape index (κ3) is 4.04. The number of pyridine rings is 1. The number of ether oxygens (including phenoxy) is 1. The molecule has 0 aliphatic heterocycles. The maximum Gasteiger partial charge on any atom is 0.245 e. The molecule has 0 bridgehead atoms. The van der Waals surface area contributed by atoms with Crippen LogP contribution in [-0.2, 0) is 22.5 Å². The molecular weight excluding hydrogens is 266 g/mol. The summed E-state index contributed by atoms with van der Waals surface area (Å²) in [6.45, 7) is 6.05. The molecule has 0 radical (unpaired) electrons. The van der Waals surface area contributed by atoms with Gasteiger partial charge in [-0.05, 0) is 30.0 Å². The van der Waals surface area contributed by atoms with E-state index < -0.39 is 0 Å². The third-order valence-electron chi connectivity index (χ3n) is 3.27. The molecule has 0 aliphatic rings. The van der Waals surface area contributed by atoms with Gasteiger partial charge in [-0.25, -0.2) is 4.98 Å². The maximum absolute atomic E-state index is 11.4. The molecule has 114 valence electrons. The highest BCUT2D eigenvalue weighted by atomic mass is 16.5. The molecule has 5 nitrogen and oxygen atoms in total. The minimum absolute atomic E-state index is 0.0819. The fourth-order valence-corrected chi connectivity index (χ4v) is 2.45. The highest BCUT2D eigenvalue weighted by Gasteiger charge is 2.10. The number of rotatable bonds is 7. The number of methoxy groups -OCH3 is 1. The van der Waals surface area contributed by atoms with Gasteiger partial charge in [-0.2, -0.15) is 0 Å². The van der Waals surface area contributed by atoms with Crippen LogP contribution in [0.3, 0.4) is 0 Å². The molecule has 0 saturated heterocycles. The molecule has 0 fully saturated rings. The summed E-state index contributed by atoms with van der Waals surface area (Å²) in [7, 11) is 1.52. The van der Waals surface area contributed by atoms with Crippen LogP contribution in [0.2, 0.25) is 0 Å². The predicted octanol–water partition coefficient (Wildman–Crippen LogP) is 2.00. The van der Waals surface area contributed by atoms with E-state index in [4.69, 9.17) is 4.74 Å². The van der Waals surface area contributed by atoms with E-state index in [1.807, 2.05) is 12.3 Å². The molecule has 2 aromatic heterocycles. The summed E-state index contributed by atoms with van der Waals surface area (Å²) in [5, 5.41) is 4.02. The van der Waals surface area contributed by atoms with E-state index in [-0.39, 0.29) is 12.5 Å². The Morgan fingerprint density at radius 2 is 2.29 bits per heavy atom. The second-order valence-electron chi connectivity index (χ2n) is 5.61. The van der Waals surface area contributed by atoms with E-state index in [9.17, 15) is 4.79 Å². The van der Waals surface area contributed by atoms with Crippen LogP contribution in [0, 0.1) is 5.92 Å². The van der Waals surface area contributed by atoms with Crippen LogP contribution >= 0.6 is 0 Å². The lowest BCUT2D eigenvalue weighted by Crippen LogP contribution is -2.28. The molecular formula is C16H23N3O2. The van der Waals surface area contributed by atoms with Crippen molar-refractivity contribution in [1.82, 2.24) is 14.9 Å². The van der Waals surface area contributed by atoms with Gasteiger partial charge in [0.15, 0.2) is 0 Å². The van der Waals surface area contributed by atoms with Crippen LogP contribution in [0.1, 0.15) is 19.4 Å². The summed E-state index contributed by atoms with van der Waals surface area (Å²) in [6.07, 6.45) is 4.77. The normalized spacial score (nSPS) is 11.2. The van der Waals surface area contributed by atoms with Gasteiger partial charge in [-0.3, -0.25) is 4.79 Å². The van der Waals surface area contributed by atoms with Gasteiger partial charge in [0.1, 0.15) is 12.3 Å². The fourth-order valence-electron chi connectivity index (χ4n) is 2.45. The van der Waals surface area contributed by atoms with Crippen molar-refractivity contribution in [2.75, 3.05) is 20.3 Å². The molecule has 5 heteroatoms. The second kappa shape index (κ2) is 7.22. The van der Waals surface area contributed by atoms with Crippen molar-refractivity contribution >= 4 is 16.9 Å². The molecule has 0 aliphatic carbocycles. The van der Waals surface area contributed by atoms with Gasteiger partial charge < -0.3 is 14.6 Å². The largest absolute Gasteiger partial charge is 0.375 e. The lowest BCUT2D eigenvalue weighted by Gasteiger charge is -2.06. The first kappa shape index (κ1) is 15.5. The van der Waals surface area contributed by atoms with Crippen molar-refractivity contribution in [2.24, 2.45) is 5.92 Å². The number of aromatic nitrogens is 2. The molecule has 0 unspecified atom stereocenters. The minimum Gasteiger partial charge on any atom is -0.375 e. The second-order valence-corrected chi connectivity index (χ2v) is 5.61. The van der Waals surface area contributed by atoms with E-state index in [2.05, 4.69) is 41.0 Å². The van der Waals surface area contributed by atoms with E-state index in [1.54, 1.807) is 0 Å². The van der Waals surface area contributed by atoms with Crippen molar-refractivity contribution in [3.05, 3.63) is 30.1 Å². The molecule has 1 N–H and O–H groups in total. The molecule has 0 aromatic carbocycles. The van der Waals surface area contributed by atoms with Gasteiger partial charge in [0.2, 0.25) is 5.91 Å². The Balaban J connectivity index is 2.10. The summed E-state index contributed by atoms with van der Waals surface area (Å²) in [5.41, 5.74) is 2.24. The average Bonchev–Trinajstić information content (AvgIpc) is 2.77. The number of carbonyl (C=O) groups is 1. The Bertz CT molecular complexity index is 605. The van der Waals surface area contributed by atoms with Gasteiger partial charge in [0, 0.05) is 38.0 Å². The number of nitrogens with one attached hydrogen (secondary N) is 1. The Morgan fingerprint density at radius 1 is 1.48 bits per heavy atom. The Kier molecular flexibility index (Phi) is 5.33. The van der Waals surface area contributed by atoms with Crippen LogP contribution in [-0.4, -0.2) is 35.7 Å². The number of carbonyl (C=O) groups excluding carboxylic acids is 1. The molecule has 21 heavy (non-hydrogen) atoms. The third-order valence-corrected chi connectivity index (χ3v) is 3.27. The smallest absolute Gasteiger partial charge is 0.245 e. The van der Waals surface area contributed by atoms with Crippen LogP contribution in [0.4, 0.5) is 0 Å². The lowest BCUT2D eigenvalue weighted by molar-refractivity contribution is -0.124. The number of hydrogen-bond acceptors (Lipinski definition) is 3.